The molecule has 19 heavy (non-hydrogen) atoms. The number of imide groups is 1. The molecule has 1 aromatic heterocycles. The number of nitrogens with two attached hydrogens (primary N) is 1. The molecule has 0 aliphatic rings. The van der Waals surface area contributed by atoms with Gasteiger partial charge < -0.3 is 11.1 Å². The van der Waals surface area contributed by atoms with Crippen molar-refractivity contribution in [2.75, 3.05) is 18.0 Å². The van der Waals surface area contributed by atoms with Crippen molar-refractivity contribution in [3.8, 4) is 0 Å². The number of rotatable bonds is 6. The minimum absolute atomic E-state index is 0.0596. The molecular weight excluding hydrogens is 266 g/mol. The highest BCUT2D eigenvalue weighted by molar-refractivity contribution is 8.00. The van der Waals surface area contributed by atoms with Gasteiger partial charge in [-0.05, 0) is 6.42 Å². The smallest absolute Gasteiger partial charge is 0.321 e. The summed E-state index contributed by atoms with van der Waals surface area (Å²) >= 11 is 1.13. The van der Waals surface area contributed by atoms with E-state index in [0.717, 1.165) is 24.6 Å². The van der Waals surface area contributed by atoms with Gasteiger partial charge >= 0.3 is 6.03 Å². The first-order chi connectivity index (χ1) is 9.13. The molecule has 0 atom stereocenters. The summed E-state index contributed by atoms with van der Waals surface area (Å²) in [4.78, 5) is 30.6. The summed E-state index contributed by atoms with van der Waals surface area (Å²) in [5.74, 6) is -0.0684. The lowest BCUT2D eigenvalue weighted by Gasteiger charge is -2.06. The fourth-order valence-electron chi connectivity index (χ4n) is 1.17. The Kier molecular flexibility index (Phi) is 6.65. The summed E-state index contributed by atoms with van der Waals surface area (Å²) in [5, 5.41) is 5.30. The van der Waals surface area contributed by atoms with Crippen LogP contribution in [0.1, 0.15) is 19.8 Å². The number of nitrogen functional groups attached to an aromatic ring is 1. The van der Waals surface area contributed by atoms with Gasteiger partial charge in [0.25, 0.3) is 0 Å². The molecule has 1 aromatic rings. The van der Waals surface area contributed by atoms with Crippen molar-refractivity contribution >= 4 is 29.5 Å². The average Bonchev–Trinajstić information content (AvgIpc) is 2.38. The molecule has 1 heterocycles. The largest absolute Gasteiger partial charge is 0.381 e. The lowest BCUT2D eigenvalue weighted by Crippen LogP contribution is -2.40. The van der Waals surface area contributed by atoms with Crippen LogP contribution in [-0.2, 0) is 4.79 Å². The predicted octanol–water partition coefficient (Wildman–Crippen LogP) is 0.777. The second-order valence-corrected chi connectivity index (χ2v) is 4.66. The van der Waals surface area contributed by atoms with Crippen molar-refractivity contribution in [2.45, 2.75) is 24.8 Å². The predicted molar refractivity (Wildman–Crippen MR) is 73.6 cm³/mol. The quantitative estimate of drug-likeness (QED) is 0.525. The number of urea groups is 1. The SMILES string of the molecule is CCCCNC(=O)NC(=O)CSc1nccnc1N. The van der Waals surface area contributed by atoms with Crippen LogP contribution in [0.15, 0.2) is 17.4 Å². The molecule has 0 aromatic carbocycles. The third-order valence-corrected chi connectivity index (χ3v) is 3.09. The number of carbonyl (C=O) groups excluding carboxylic acids is 2. The second-order valence-electron chi connectivity index (χ2n) is 3.69. The van der Waals surface area contributed by atoms with Gasteiger partial charge in [-0.2, -0.15) is 0 Å². The van der Waals surface area contributed by atoms with E-state index in [1.807, 2.05) is 6.92 Å². The van der Waals surface area contributed by atoms with Crippen molar-refractivity contribution in [1.82, 2.24) is 20.6 Å². The normalized spacial score (nSPS) is 9.95. The Morgan fingerprint density at radius 2 is 2.11 bits per heavy atom. The van der Waals surface area contributed by atoms with E-state index in [1.54, 1.807) is 0 Å². The molecule has 0 saturated heterocycles. The number of carbonyl (C=O) groups is 2. The van der Waals surface area contributed by atoms with Gasteiger partial charge in [0.2, 0.25) is 5.91 Å². The Balaban J connectivity index is 2.28. The Bertz CT molecular complexity index is 441. The van der Waals surface area contributed by atoms with E-state index >= 15 is 0 Å². The number of aromatic nitrogens is 2. The van der Waals surface area contributed by atoms with Gasteiger partial charge in [-0.15, -0.1) is 0 Å². The fraction of sp³-hybridized carbons (Fsp3) is 0.455. The first-order valence-corrected chi connectivity index (χ1v) is 6.89. The molecule has 0 aliphatic carbocycles. The Hall–Kier alpha value is -1.83. The molecule has 0 spiro atoms. The Labute approximate surface area is 115 Å². The molecule has 8 heteroatoms. The molecule has 1 rings (SSSR count). The summed E-state index contributed by atoms with van der Waals surface area (Å²) in [6.45, 7) is 2.58. The van der Waals surface area contributed by atoms with Crippen LogP contribution in [0.4, 0.5) is 10.6 Å². The van der Waals surface area contributed by atoms with E-state index in [-0.39, 0.29) is 11.6 Å². The molecule has 104 valence electrons. The average molecular weight is 283 g/mol. The molecule has 3 amide bonds. The van der Waals surface area contributed by atoms with E-state index < -0.39 is 11.9 Å². The van der Waals surface area contributed by atoms with Crippen LogP contribution >= 0.6 is 11.8 Å². The molecule has 0 unspecified atom stereocenters. The van der Waals surface area contributed by atoms with Crippen molar-refractivity contribution in [3.05, 3.63) is 12.4 Å². The van der Waals surface area contributed by atoms with Gasteiger partial charge in [0.05, 0.1) is 5.75 Å². The van der Waals surface area contributed by atoms with E-state index in [4.69, 9.17) is 5.73 Å². The molecule has 0 saturated carbocycles. The number of nitrogens with one attached hydrogen (secondary N) is 2. The number of unbranched alkanes of at least 4 members (excludes halogenated alkanes) is 1. The van der Waals surface area contributed by atoms with Gasteiger partial charge in [-0.3, -0.25) is 10.1 Å². The Morgan fingerprint density at radius 1 is 1.37 bits per heavy atom. The first-order valence-electron chi connectivity index (χ1n) is 5.90. The van der Waals surface area contributed by atoms with Crippen LogP contribution in [0.25, 0.3) is 0 Å². The minimum Gasteiger partial charge on any atom is -0.381 e. The first kappa shape index (κ1) is 15.2. The number of hydrogen-bond acceptors (Lipinski definition) is 6. The van der Waals surface area contributed by atoms with Gasteiger partial charge in [0.1, 0.15) is 5.03 Å². The maximum atomic E-state index is 11.5. The highest BCUT2D eigenvalue weighted by atomic mass is 32.2. The number of hydrogen-bond donors (Lipinski definition) is 3. The Morgan fingerprint density at radius 3 is 2.79 bits per heavy atom. The van der Waals surface area contributed by atoms with Gasteiger partial charge in [0, 0.05) is 18.9 Å². The van der Waals surface area contributed by atoms with Gasteiger partial charge in [-0.1, -0.05) is 25.1 Å². The number of thioether (sulfide) groups is 1. The maximum absolute atomic E-state index is 11.5. The summed E-state index contributed by atoms with van der Waals surface area (Å²) in [6, 6.07) is -0.480. The minimum atomic E-state index is -0.480. The van der Waals surface area contributed by atoms with Crippen LogP contribution < -0.4 is 16.4 Å². The van der Waals surface area contributed by atoms with Crippen molar-refractivity contribution in [2.24, 2.45) is 0 Å². The van der Waals surface area contributed by atoms with E-state index in [0.29, 0.717) is 11.6 Å². The molecular formula is C11H17N5O2S. The van der Waals surface area contributed by atoms with E-state index in [1.165, 1.54) is 12.4 Å². The van der Waals surface area contributed by atoms with Crippen LogP contribution in [0.5, 0.6) is 0 Å². The van der Waals surface area contributed by atoms with Crippen LogP contribution in [0.3, 0.4) is 0 Å². The third-order valence-electron chi connectivity index (χ3n) is 2.10. The van der Waals surface area contributed by atoms with Crippen LogP contribution in [-0.4, -0.2) is 34.2 Å². The molecule has 0 fully saturated rings. The summed E-state index contributed by atoms with van der Waals surface area (Å²) in [6.07, 6.45) is 4.83. The number of nitrogens with zero attached hydrogens (tertiary/aromatic N) is 2. The summed E-state index contributed by atoms with van der Waals surface area (Å²) in [7, 11) is 0. The summed E-state index contributed by atoms with van der Waals surface area (Å²) in [5.41, 5.74) is 5.58. The van der Waals surface area contributed by atoms with Crippen molar-refractivity contribution in [3.63, 3.8) is 0 Å². The van der Waals surface area contributed by atoms with Crippen molar-refractivity contribution in [1.29, 1.82) is 0 Å². The number of anilines is 1. The zero-order chi connectivity index (χ0) is 14.1. The second kappa shape index (κ2) is 8.30. The van der Waals surface area contributed by atoms with E-state index in [2.05, 4.69) is 20.6 Å². The summed E-state index contributed by atoms with van der Waals surface area (Å²) < 4.78 is 0. The molecule has 0 radical (unpaired) electrons. The monoisotopic (exact) mass is 283 g/mol. The maximum Gasteiger partial charge on any atom is 0.321 e. The highest BCUT2D eigenvalue weighted by Gasteiger charge is 2.09. The van der Waals surface area contributed by atoms with Crippen LogP contribution in [0.2, 0.25) is 0 Å². The van der Waals surface area contributed by atoms with Gasteiger partial charge in [-0.25, -0.2) is 14.8 Å². The molecule has 0 bridgehead atoms. The molecule has 4 N–H and O–H groups in total. The zero-order valence-electron chi connectivity index (χ0n) is 10.7. The lowest BCUT2D eigenvalue weighted by atomic mass is 10.3. The highest BCUT2D eigenvalue weighted by Crippen LogP contribution is 2.18. The standard InChI is InChI=1S/C11H17N5O2S/c1-2-3-4-15-11(18)16-8(17)7-19-10-9(12)13-5-6-14-10/h5-6H,2-4,7H2,1H3,(H2,12,13)(H2,15,16,17,18). The zero-order valence-corrected chi connectivity index (χ0v) is 11.5. The number of amides is 3. The van der Waals surface area contributed by atoms with E-state index in [9.17, 15) is 9.59 Å². The lowest BCUT2D eigenvalue weighted by molar-refractivity contribution is -0.117. The third kappa shape index (κ3) is 6.05. The molecule has 7 nitrogen and oxygen atoms in total. The van der Waals surface area contributed by atoms with Gasteiger partial charge in [0.15, 0.2) is 5.82 Å². The van der Waals surface area contributed by atoms with Crippen molar-refractivity contribution < 1.29 is 9.59 Å². The topological polar surface area (TPSA) is 110 Å². The van der Waals surface area contributed by atoms with Crippen LogP contribution in [0, 0.1) is 0 Å². The fourth-order valence-corrected chi connectivity index (χ4v) is 1.84. The molecule has 0 aliphatic heterocycles.